The minimum absolute atomic E-state index is 0.000201. The van der Waals surface area contributed by atoms with E-state index in [9.17, 15) is 88.0 Å². The van der Waals surface area contributed by atoms with Gasteiger partial charge in [0.05, 0.1) is 97.3 Å². The first-order chi connectivity index (χ1) is 61.4. The molecule has 0 radical (unpaired) electrons. The Morgan fingerprint density at radius 1 is 0.438 bits per heavy atom. The van der Waals surface area contributed by atoms with Crippen molar-refractivity contribution in [1.29, 1.82) is 21.0 Å². The van der Waals surface area contributed by atoms with Crippen molar-refractivity contribution in [2.24, 2.45) is 46.6 Å². The topological polar surface area (TPSA) is 555 Å². The van der Waals surface area contributed by atoms with E-state index >= 15 is 0 Å². The molecule has 3 aromatic carbocycles. The SMILES string of the molecule is N#CCC1(n2cc(C(N)=O)c(NC(=O)C3CC3)n2)CCN(C(=O)Cc2ccccc2)CC1.N#CCC1(n2cc(C(N)=O)c(NC(=O)C3CC3)n2)CCN(C(=O)NC2CC(F)(F)C2)CC1.N#CCC1(n2cc(C(N)=O)c(NC(=O)C3CC3)n2)CCN(C(CO)c2ccccc2)CC1.N#CCC1(n2cc(C(N)=O)c(NC(=O)C3CC3)n2)CCN(CC(O)c2ccccc2)CC1. The molecule has 11 amide bonds. The summed E-state index contributed by atoms with van der Waals surface area (Å²) in [6, 6.07) is 36.8. The molecule has 39 heteroatoms. The fourth-order valence-electron chi connectivity index (χ4n) is 17.1. The van der Waals surface area contributed by atoms with Gasteiger partial charge in [0.15, 0.2) is 23.3 Å². The Kier molecular flexibility index (Phi) is 28.9. The van der Waals surface area contributed by atoms with Crippen LogP contribution >= 0.6 is 0 Å². The maximum atomic E-state index is 13.0. The Bertz CT molecular complexity index is 5380. The van der Waals surface area contributed by atoms with Crippen LogP contribution in [0.4, 0.5) is 36.8 Å². The first-order valence-corrected chi connectivity index (χ1v) is 43.3. The Labute approximate surface area is 737 Å². The van der Waals surface area contributed by atoms with Crippen molar-refractivity contribution in [3.63, 3.8) is 0 Å². The van der Waals surface area contributed by atoms with Crippen LogP contribution in [0.25, 0.3) is 0 Å². The van der Waals surface area contributed by atoms with Crippen LogP contribution in [0.3, 0.4) is 0 Å². The number of nitrogens with one attached hydrogen (secondary N) is 5. The van der Waals surface area contributed by atoms with Crippen LogP contribution in [0.5, 0.6) is 0 Å². The van der Waals surface area contributed by atoms with Crippen LogP contribution in [0.2, 0.25) is 0 Å². The summed E-state index contributed by atoms with van der Waals surface area (Å²) in [5.74, 6) is -5.85. The summed E-state index contributed by atoms with van der Waals surface area (Å²) in [4.78, 5) is 130. The minimum Gasteiger partial charge on any atom is -0.394 e. The number of rotatable bonds is 29. The maximum absolute atomic E-state index is 13.0. The number of carbonyl (C=O) groups excluding carboxylic acids is 10. The standard InChI is InChI=1S/2C23H28N6O3.C23H26N6O3.C20H25F2N7O3/c24-11-8-23(9-12-28(13-10-23)19(15-30)16-4-2-1-3-5-16)29-14-18(20(25)31)21(27-29)26-22(32)17-6-7-17;24-11-8-23(9-12-28(13-10-23)15-19(30)16-4-2-1-3-5-16)29-14-18(20(25)31)21(27-29)26-22(32)17-6-7-17;24-11-8-23(9-12-28(13-10-23)19(30)14-16-4-2-1-3-5-16)29-15-18(20(25)31)21(27-29)26-22(32)17-6-7-17;21-20(22)9-13(10-20)25-18(32)28-7-4-19(3-6-23,5-8-28)29-11-14(15(24)30)16(27-29)26-17(31)12-1-2-12/h2*1-5,14,17,19,30H,6-10,12-13,15H2,(H2,25,31)(H,26,27,32);1-5,15,17H,6-10,12-14H2,(H2,25,31)(H,26,27,32);11-13H,1-5,7-10H2,(H2,24,30)(H,25,32)(H,26,27,31). The lowest BCUT2D eigenvalue weighted by Gasteiger charge is -2.43. The number of hydrogen-bond donors (Lipinski definition) is 11. The minimum atomic E-state index is -2.72. The second kappa shape index (κ2) is 40.1. The Balaban J connectivity index is 0.000000146. The summed E-state index contributed by atoms with van der Waals surface area (Å²) in [6.07, 6.45) is 16.5. The number of nitriles is 4. The van der Waals surface area contributed by atoms with E-state index in [1.807, 2.05) is 91.0 Å². The van der Waals surface area contributed by atoms with Crippen LogP contribution in [0.1, 0.15) is 212 Å². The molecule has 7 aromatic rings. The normalized spacial score (nSPS) is 19.4. The molecule has 0 spiro atoms. The number of carbonyl (C=O) groups is 10. The first-order valence-electron chi connectivity index (χ1n) is 43.3. The molecule has 9 fully saturated rings. The molecular formula is C89H107F2N25O12. The molecule has 16 rings (SSSR count). The lowest BCUT2D eigenvalue weighted by molar-refractivity contribution is -0.132. The molecule has 4 saturated heterocycles. The Hall–Kier alpha value is -13.3. The molecule has 674 valence electrons. The summed E-state index contributed by atoms with van der Waals surface area (Å²) in [7, 11) is 0. The van der Waals surface area contributed by atoms with E-state index < -0.39 is 69.9 Å². The molecule has 5 saturated carbocycles. The lowest BCUT2D eigenvalue weighted by atomic mass is 9.84. The zero-order valence-corrected chi connectivity index (χ0v) is 71.0. The third-order valence-electron chi connectivity index (χ3n) is 25.8. The van der Waals surface area contributed by atoms with Crippen LogP contribution in [0.15, 0.2) is 116 Å². The van der Waals surface area contributed by atoms with Gasteiger partial charge in [0, 0.05) is 126 Å². The van der Waals surface area contributed by atoms with Gasteiger partial charge in [0.2, 0.25) is 29.5 Å². The highest BCUT2D eigenvalue weighted by Gasteiger charge is 2.49. The summed E-state index contributed by atoms with van der Waals surface area (Å²) >= 11 is 0. The Morgan fingerprint density at radius 2 is 0.742 bits per heavy atom. The number of amides is 11. The number of anilines is 4. The number of aliphatic hydroxyl groups excluding tert-OH is 2. The van der Waals surface area contributed by atoms with Crippen molar-refractivity contribution in [1.82, 2.24) is 64.0 Å². The highest BCUT2D eigenvalue weighted by molar-refractivity contribution is 6.05. The molecule has 2 unspecified atom stereocenters. The summed E-state index contributed by atoms with van der Waals surface area (Å²) in [6.45, 7) is 4.65. The molecule has 8 heterocycles. The highest BCUT2D eigenvalue weighted by atomic mass is 19.3. The number of nitrogens with two attached hydrogens (primary N) is 4. The van der Waals surface area contributed by atoms with Gasteiger partial charge in [-0.2, -0.15) is 41.4 Å². The van der Waals surface area contributed by atoms with Crippen molar-refractivity contribution in [2.75, 3.05) is 86.8 Å². The molecule has 128 heavy (non-hydrogen) atoms. The monoisotopic (exact) mass is 1760 g/mol. The zero-order chi connectivity index (χ0) is 91.2. The molecule has 0 bridgehead atoms. The number of piperidine rings is 4. The van der Waals surface area contributed by atoms with E-state index in [1.54, 1.807) is 31.3 Å². The van der Waals surface area contributed by atoms with Gasteiger partial charge in [-0.25, -0.2) is 13.6 Å². The predicted octanol–water partition coefficient (Wildman–Crippen LogP) is 6.88. The molecule has 37 nitrogen and oxygen atoms in total. The average Bonchev–Trinajstić information content (AvgIpc) is 1.65. The number of likely N-dealkylation sites (tertiary alicyclic amines) is 4. The quantitative estimate of drug-likeness (QED) is 0.0227. The van der Waals surface area contributed by atoms with Crippen LogP contribution in [0, 0.1) is 69.0 Å². The van der Waals surface area contributed by atoms with E-state index in [0.717, 1.165) is 68.1 Å². The number of nitrogens with zero attached hydrogens (tertiary/aromatic N) is 16. The van der Waals surface area contributed by atoms with Gasteiger partial charge in [0.25, 0.3) is 29.6 Å². The van der Waals surface area contributed by atoms with E-state index in [0.29, 0.717) is 104 Å². The second-order valence-electron chi connectivity index (χ2n) is 34.9. The summed E-state index contributed by atoms with van der Waals surface area (Å²) in [5.41, 5.74) is 22.7. The lowest BCUT2D eigenvalue weighted by Crippen LogP contribution is -2.56. The van der Waals surface area contributed by atoms with Crippen LogP contribution in [-0.4, -0.2) is 206 Å². The maximum Gasteiger partial charge on any atom is 0.317 e. The second-order valence-corrected chi connectivity index (χ2v) is 34.9. The third-order valence-corrected chi connectivity index (χ3v) is 25.8. The van der Waals surface area contributed by atoms with Crippen LogP contribution < -0.4 is 49.5 Å². The number of halogens is 2. The van der Waals surface area contributed by atoms with Crippen LogP contribution in [-0.2, 0) is 52.5 Å². The number of benzene rings is 3. The number of hydrogen-bond acceptors (Lipinski definition) is 22. The van der Waals surface area contributed by atoms with E-state index in [2.05, 4.69) is 81.1 Å². The molecule has 4 aliphatic heterocycles. The molecule has 4 aromatic heterocycles. The summed E-state index contributed by atoms with van der Waals surface area (Å²) in [5, 5.41) is 89.8. The van der Waals surface area contributed by atoms with Crippen molar-refractivity contribution in [3.05, 3.63) is 155 Å². The fourth-order valence-corrected chi connectivity index (χ4v) is 17.1. The van der Waals surface area contributed by atoms with Gasteiger partial charge in [-0.15, -0.1) is 0 Å². The number of alkyl halides is 2. The van der Waals surface area contributed by atoms with Gasteiger partial charge in [-0.05, 0) is 119 Å². The number of β-amino-alcohol motifs (C(OH)–C–C–N with tert-alkyl or cyclic N) is 1. The first kappa shape index (κ1) is 92.3. The number of urea groups is 1. The van der Waals surface area contributed by atoms with Gasteiger partial charge >= 0.3 is 6.03 Å². The number of primary amides is 4. The zero-order valence-electron chi connectivity index (χ0n) is 71.0. The van der Waals surface area contributed by atoms with E-state index in [1.165, 1.54) is 22.0 Å². The van der Waals surface area contributed by atoms with E-state index in [4.69, 9.17) is 22.9 Å². The van der Waals surface area contributed by atoms with Gasteiger partial charge < -0.3 is 74.4 Å². The van der Waals surface area contributed by atoms with Gasteiger partial charge in [-0.1, -0.05) is 91.0 Å². The highest BCUT2D eigenvalue weighted by Crippen LogP contribution is 2.44. The van der Waals surface area contributed by atoms with Gasteiger partial charge in [-0.3, -0.25) is 66.8 Å². The van der Waals surface area contributed by atoms with Crippen molar-refractivity contribution >= 4 is 82.5 Å². The van der Waals surface area contributed by atoms with E-state index in [-0.39, 0.29) is 163 Å². The van der Waals surface area contributed by atoms with Crippen molar-refractivity contribution in [3.8, 4) is 24.3 Å². The smallest absolute Gasteiger partial charge is 0.317 e. The third kappa shape index (κ3) is 22.4. The van der Waals surface area contributed by atoms with Crippen molar-refractivity contribution < 1.29 is 66.9 Å². The predicted molar refractivity (Wildman–Crippen MR) is 459 cm³/mol. The fraction of sp³-hybridized carbons (Fsp3) is 0.506. The number of aliphatic hydroxyl groups is 2. The largest absolute Gasteiger partial charge is 0.394 e. The Morgan fingerprint density at radius 3 is 1.05 bits per heavy atom. The molecule has 15 N–H and O–H groups in total. The average molecular weight is 1760 g/mol. The molecule has 5 aliphatic carbocycles. The molecule has 2 atom stereocenters. The van der Waals surface area contributed by atoms with Crippen molar-refractivity contribution in [2.45, 2.75) is 194 Å². The van der Waals surface area contributed by atoms with Gasteiger partial charge in [0.1, 0.15) is 22.3 Å². The molecule has 9 aliphatic rings. The molecular weight excluding hydrogens is 1650 g/mol. The number of aromatic nitrogens is 8. The summed E-state index contributed by atoms with van der Waals surface area (Å²) < 4.78 is 32.4.